The smallest absolute Gasteiger partial charge is 0.341 e. The van der Waals surface area contributed by atoms with Crippen LogP contribution in [-0.2, 0) is 23.4 Å². The number of nitrogens with zero attached hydrogens (tertiary/aromatic N) is 1. The number of carboxylic acids is 1. The quantitative estimate of drug-likeness (QED) is 0.281. The van der Waals surface area contributed by atoms with Crippen molar-refractivity contribution in [3.05, 3.63) is 87.8 Å². The number of aryl methyl sites for hydroxylation is 1. The molecule has 1 aliphatic rings. The van der Waals surface area contributed by atoms with E-state index >= 15 is 0 Å². The molecule has 4 nitrogen and oxygen atoms in total. The zero-order chi connectivity index (χ0) is 22.8. The van der Waals surface area contributed by atoms with E-state index < -0.39 is 5.97 Å². The minimum Gasteiger partial charge on any atom is -0.482 e. The Morgan fingerprint density at radius 1 is 1.06 bits per heavy atom. The van der Waals surface area contributed by atoms with Gasteiger partial charge in [0.25, 0.3) is 0 Å². The van der Waals surface area contributed by atoms with Gasteiger partial charge in [-0.1, -0.05) is 71.9 Å². The molecular formula is C26H20ClNO3S2. The third-order valence-corrected chi connectivity index (χ3v) is 8.07. The molecule has 1 heterocycles. The van der Waals surface area contributed by atoms with Gasteiger partial charge in [-0.2, -0.15) is 0 Å². The SMILES string of the molecule is O=C(O)COc1cccc2c1CCc1sc(SCc3ccccc3-c3cccc(Cl)c3)nc1-2. The first-order valence-corrected chi connectivity index (χ1v) is 12.7. The van der Waals surface area contributed by atoms with Crippen molar-refractivity contribution in [3.8, 4) is 28.1 Å². The first-order valence-electron chi connectivity index (χ1n) is 10.5. The Kier molecular flexibility index (Phi) is 6.40. The Hall–Kier alpha value is -2.80. The fourth-order valence-corrected chi connectivity index (χ4v) is 6.45. The molecule has 0 radical (unpaired) electrons. The molecule has 1 N–H and O–H groups in total. The number of hydrogen-bond donors (Lipinski definition) is 1. The van der Waals surface area contributed by atoms with Crippen LogP contribution in [0.5, 0.6) is 5.75 Å². The number of ether oxygens (including phenoxy) is 1. The number of rotatable bonds is 7. The van der Waals surface area contributed by atoms with Gasteiger partial charge in [-0.25, -0.2) is 9.78 Å². The highest BCUT2D eigenvalue weighted by Gasteiger charge is 2.24. The van der Waals surface area contributed by atoms with E-state index in [4.69, 9.17) is 26.4 Å². The molecule has 0 bridgehead atoms. The van der Waals surface area contributed by atoms with Crippen molar-refractivity contribution in [3.63, 3.8) is 0 Å². The van der Waals surface area contributed by atoms with Gasteiger partial charge in [-0.05, 0) is 47.7 Å². The summed E-state index contributed by atoms with van der Waals surface area (Å²) in [5.41, 5.74) is 6.61. The summed E-state index contributed by atoms with van der Waals surface area (Å²) in [5, 5.41) is 9.68. The first-order chi connectivity index (χ1) is 16.1. The number of carbonyl (C=O) groups is 1. The largest absolute Gasteiger partial charge is 0.482 e. The number of carboxylic acid groups (broad SMARTS) is 1. The van der Waals surface area contributed by atoms with Crippen LogP contribution in [0.2, 0.25) is 5.02 Å². The van der Waals surface area contributed by atoms with E-state index in [2.05, 4.69) is 24.3 Å². The molecule has 0 saturated carbocycles. The lowest BCUT2D eigenvalue weighted by Gasteiger charge is -2.18. The zero-order valence-electron chi connectivity index (χ0n) is 17.6. The van der Waals surface area contributed by atoms with Gasteiger partial charge in [-0.3, -0.25) is 0 Å². The minimum atomic E-state index is -0.977. The molecule has 0 amide bonds. The average Bonchev–Trinajstić information content (AvgIpc) is 3.25. The Labute approximate surface area is 205 Å². The summed E-state index contributed by atoms with van der Waals surface area (Å²) in [6.07, 6.45) is 1.70. The number of aliphatic carboxylic acids is 1. The van der Waals surface area contributed by atoms with Crippen molar-refractivity contribution in [2.75, 3.05) is 6.61 Å². The Morgan fingerprint density at radius 3 is 2.73 bits per heavy atom. The van der Waals surface area contributed by atoms with Gasteiger partial charge >= 0.3 is 5.97 Å². The molecule has 0 spiro atoms. The summed E-state index contributed by atoms with van der Waals surface area (Å²) in [4.78, 5) is 17.1. The summed E-state index contributed by atoms with van der Waals surface area (Å²) in [6, 6.07) is 22.1. The van der Waals surface area contributed by atoms with E-state index in [9.17, 15) is 4.79 Å². The van der Waals surface area contributed by atoms with Gasteiger partial charge in [0.2, 0.25) is 0 Å². The minimum absolute atomic E-state index is 0.340. The molecule has 5 rings (SSSR count). The number of thioether (sulfide) groups is 1. The monoisotopic (exact) mass is 493 g/mol. The molecule has 33 heavy (non-hydrogen) atoms. The predicted molar refractivity (Wildman–Crippen MR) is 135 cm³/mol. The topological polar surface area (TPSA) is 59.4 Å². The molecule has 1 aliphatic carbocycles. The highest BCUT2D eigenvalue weighted by molar-refractivity contribution is 8.00. The fourth-order valence-electron chi connectivity index (χ4n) is 4.05. The second kappa shape index (κ2) is 9.59. The molecule has 0 fully saturated rings. The van der Waals surface area contributed by atoms with Crippen LogP contribution in [0.15, 0.2) is 71.1 Å². The van der Waals surface area contributed by atoms with Crippen molar-refractivity contribution in [1.82, 2.24) is 4.98 Å². The van der Waals surface area contributed by atoms with Crippen LogP contribution >= 0.6 is 34.7 Å². The van der Waals surface area contributed by atoms with Crippen LogP contribution in [0.25, 0.3) is 22.4 Å². The van der Waals surface area contributed by atoms with Crippen molar-refractivity contribution in [2.45, 2.75) is 22.9 Å². The van der Waals surface area contributed by atoms with Crippen molar-refractivity contribution >= 4 is 40.7 Å². The third-order valence-electron chi connectivity index (χ3n) is 5.52. The van der Waals surface area contributed by atoms with Gasteiger partial charge in [0, 0.05) is 26.8 Å². The molecule has 0 unspecified atom stereocenters. The molecule has 1 aromatic heterocycles. The van der Waals surface area contributed by atoms with E-state index in [-0.39, 0.29) is 6.61 Å². The number of benzene rings is 3. The highest BCUT2D eigenvalue weighted by Crippen LogP contribution is 2.43. The van der Waals surface area contributed by atoms with E-state index in [1.165, 1.54) is 16.0 Å². The predicted octanol–water partition coefficient (Wildman–Crippen LogP) is 6.98. The first kappa shape index (κ1) is 22.0. The molecular weight excluding hydrogens is 474 g/mol. The highest BCUT2D eigenvalue weighted by atomic mass is 35.5. The maximum atomic E-state index is 10.9. The van der Waals surface area contributed by atoms with Crippen molar-refractivity contribution in [1.29, 1.82) is 0 Å². The summed E-state index contributed by atoms with van der Waals surface area (Å²) < 4.78 is 6.55. The van der Waals surface area contributed by atoms with E-state index in [1.807, 2.05) is 42.5 Å². The number of fused-ring (bicyclic) bond motifs is 3. The normalized spacial score (nSPS) is 12.2. The summed E-state index contributed by atoms with van der Waals surface area (Å²) >= 11 is 9.69. The molecule has 4 aromatic rings. The van der Waals surface area contributed by atoms with Gasteiger partial charge in [-0.15, -0.1) is 11.3 Å². The van der Waals surface area contributed by atoms with Crippen LogP contribution in [0, 0.1) is 0 Å². The zero-order valence-corrected chi connectivity index (χ0v) is 20.0. The number of thiazole rings is 1. The number of aromatic nitrogens is 1. The third kappa shape index (κ3) is 4.78. The fraction of sp³-hybridized carbons (Fsp3) is 0.154. The Bertz CT molecular complexity index is 1330. The lowest BCUT2D eigenvalue weighted by atomic mass is 9.93. The maximum Gasteiger partial charge on any atom is 0.341 e. The van der Waals surface area contributed by atoms with Crippen LogP contribution in [-0.4, -0.2) is 22.7 Å². The maximum absolute atomic E-state index is 10.9. The molecule has 0 aliphatic heterocycles. The second-order valence-electron chi connectivity index (χ2n) is 7.67. The summed E-state index contributed by atoms with van der Waals surface area (Å²) in [7, 11) is 0. The van der Waals surface area contributed by atoms with Crippen LogP contribution in [0.3, 0.4) is 0 Å². The molecule has 0 saturated heterocycles. The van der Waals surface area contributed by atoms with Gasteiger partial charge in [0.15, 0.2) is 10.9 Å². The van der Waals surface area contributed by atoms with Crippen molar-refractivity contribution in [2.24, 2.45) is 0 Å². The van der Waals surface area contributed by atoms with E-state index in [1.54, 1.807) is 23.1 Å². The van der Waals surface area contributed by atoms with Crippen LogP contribution < -0.4 is 4.74 Å². The second-order valence-corrected chi connectivity index (χ2v) is 10.4. The lowest BCUT2D eigenvalue weighted by Crippen LogP contribution is -2.12. The molecule has 166 valence electrons. The number of halogens is 1. The number of hydrogen-bond acceptors (Lipinski definition) is 5. The van der Waals surface area contributed by atoms with E-state index in [0.717, 1.165) is 50.3 Å². The van der Waals surface area contributed by atoms with E-state index in [0.29, 0.717) is 5.75 Å². The summed E-state index contributed by atoms with van der Waals surface area (Å²) in [6.45, 7) is -0.340. The van der Waals surface area contributed by atoms with Gasteiger partial charge in [0.05, 0.1) is 5.69 Å². The Morgan fingerprint density at radius 2 is 1.88 bits per heavy atom. The lowest BCUT2D eigenvalue weighted by molar-refractivity contribution is -0.139. The van der Waals surface area contributed by atoms with Crippen LogP contribution in [0.4, 0.5) is 0 Å². The average molecular weight is 494 g/mol. The van der Waals surface area contributed by atoms with Gasteiger partial charge < -0.3 is 9.84 Å². The van der Waals surface area contributed by atoms with Crippen LogP contribution in [0.1, 0.15) is 16.0 Å². The standard InChI is InChI=1S/C26H20ClNO3S2/c27-18-7-3-6-16(13-18)19-8-2-1-5-17(19)15-32-26-28-25-21-9-4-10-22(31-14-24(29)30)20(21)11-12-23(25)33-26/h1-10,13H,11-12,14-15H2,(H,29,30). The molecule has 0 atom stereocenters. The van der Waals surface area contributed by atoms with Gasteiger partial charge in [0.1, 0.15) is 5.75 Å². The molecule has 3 aromatic carbocycles. The Balaban J connectivity index is 1.38. The van der Waals surface area contributed by atoms with Crippen molar-refractivity contribution < 1.29 is 14.6 Å². The summed E-state index contributed by atoms with van der Waals surface area (Å²) in [5.74, 6) is 0.469. The molecule has 7 heteroatoms.